The van der Waals surface area contributed by atoms with Crippen LogP contribution in [0.1, 0.15) is 46.0 Å². The number of ether oxygens (including phenoxy) is 2. The summed E-state index contributed by atoms with van der Waals surface area (Å²) in [7, 11) is 0. The molecule has 0 fully saturated rings. The fraction of sp³-hybridized carbons (Fsp3) is 0.846. The molecule has 0 aliphatic rings. The fourth-order valence-electron chi connectivity index (χ4n) is 1.19. The van der Waals surface area contributed by atoms with Crippen LogP contribution in [-0.4, -0.2) is 38.5 Å². The van der Waals surface area contributed by atoms with Crippen molar-refractivity contribution >= 4 is 12.2 Å². The molecule has 0 bridgehead atoms. The normalized spacial score (nSPS) is 9.79. The SMILES string of the molecule is CCCCOC(=O)NCCCNC(=O)OCCCC. The van der Waals surface area contributed by atoms with Crippen LogP contribution in [0.2, 0.25) is 0 Å². The van der Waals surface area contributed by atoms with E-state index in [1.54, 1.807) is 0 Å². The number of hydrogen-bond acceptors (Lipinski definition) is 4. The van der Waals surface area contributed by atoms with Gasteiger partial charge in [0.05, 0.1) is 13.2 Å². The van der Waals surface area contributed by atoms with Gasteiger partial charge in [0.2, 0.25) is 0 Å². The van der Waals surface area contributed by atoms with Gasteiger partial charge in [0, 0.05) is 13.1 Å². The minimum Gasteiger partial charge on any atom is -0.450 e. The molecule has 6 heteroatoms. The van der Waals surface area contributed by atoms with E-state index in [-0.39, 0.29) is 0 Å². The average molecular weight is 274 g/mol. The van der Waals surface area contributed by atoms with Gasteiger partial charge in [-0.3, -0.25) is 0 Å². The van der Waals surface area contributed by atoms with E-state index in [0.29, 0.717) is 32.7 Å². The Hall–Kier alpha value is -1.46. The number of carbonyl (C=O) groups excluding carboxylic acids is 2. The van der Waals surface area contributed by atoms with Crippen molar-refractivity contribution in [1.82, 2.24) is 10.6 Å². The summed E-state index contributed by atoms with van der Waals surface area (Å²) in [4.78, 5) is 22.3. The molecule has 19 heavy (non-hydrogen) atoms. The zero-order valence-electron chi connectivity index (χ0n) is 12.0. The van der Waals surface area contributed by atoms with Crippen molar-refractivity contribution in [2.75, 3.05) is 26.3 Å². The molecule has 0 unspecified atom stereocenters. The third kappa shape index (κ3) is 12.8. The van der Waals surface area contributed by atoms with Crippen molar-refractivity contribution in [3.63, 3.8) is 0 Å². The summed E-state index contributed by atoms with van der Waals surface area (Å²) in [6, 6.07) is 0. The van der Waals surface area contributed by atoms with Crippen molar-refractivity contribution in [2.45, 2.75) is 46.0 Å². The van der Waals surface area contributed by atoms with Crippen LogP contribution in [-0.2, 0) is 9.47 Å². The van der Waals surface area contributed by atoms with Gasteiger partial charge in [0.15, 0.2) is 0 Å². The maximum atomic E-state index is 11.1. The highest BCUT2D eigenvalue weighted by Gasteiger charge is 2.02. The number of amides is 2. The van der Waals surface area contributed by atoms with Gasteiger partial charge in [-0.25, -0.2) is 9.59 Å². The average Bonchev–Trinajstić information content (AvgIpc) is 2.39. The molecule has 2 amide bonds. The smallest absolute Gasteiger partial charge is 0.407 e. The molecular weight excluding hydrogens is 248 g/mol. The lowest BCUT2D eigenvalue weighted by Crippen LogP contribution is -2.30. The molecule has 0 rings (SSSR count). The van der Waals surface area contributed by atoms with E-state index >= 15 is 0 Å². The summed E-state index contributed by atoms with van der Waals surface area (Å²) >= 11 is 0. The summed E-state index contributed by atoms with van der Waals surface area (Å²) in [6.45, 7) is 5.91. The second-order valence-electron chi connectivity index (χ2n) is 4.19. The minimum atomic E-state index is -0.404. The first-order valence-electron chi connectivity index (χ1n) is 7.02. The molecule has 0 saturated carbocycles. The van der Waals surface area contributed by atoms with Crippen molar-refractivity contribution in [1.29, 1.82) is 0 Å². The summed E-state index contributed by atoms with van der Waals surface area (Å²) in [5, 5.41) is 5.23. The summed E-state index contributed by atoms with van der Waals surface area (Å²) < 4.78 is 9.83. The Bertz CT molecular complexity index is 223. The first-order chi connectivity index (χ1) is 9.20. The van der Waals surface area contributed by atoms with Crippen LogP contribution >= 0.6 is 0 Å². The summed E-state index contributed by atoms with van der Waals surface area (Å²) in [5.74, 6) is 0. The summed E-state index contributed by atoms with van der Waals surface area (Å²) in [6.07, 6.45) is 3.58. The lowest BCUT2D eigenvalue weighted by atomic mass is 10.4. The lowest BCUT2D eigenvalue weighted by Gasteiger charge is -2.08. The predicted octanol–water partition coefficient (Wildman–Crippen LogP) is 2.43. The molecule has 0 aromatic heterocycles. The minimum absolute atomic E-state index is 0.404. The molecule has 6 nitrogen and oxygen atoms in total. The molecule has 0 aliphatic heterocycles. The Balaban J connectivity index is 3.29. The highest BCUT2D eigenvalue weighted by atomic mass is 16.6. The van der Waals surface area contributed by atoms with Crippen molar-refractivity contribution in [3.05, 3.63) is 0 Å². The van der Waals surface area contributed by atoms with E-state index < -0.39 is 12.2 Å². The lowest BCUT2D eigenvalue weighted by molar-refractivity contribution is 0.143. The quantitative estimate of drug-likeness (QED) is 0.600. The van der Waals surface area contributed by atoms with E-state index in [1.807, 2.05) is 13.8 Å². The van der Waals surface area contributed by atoms with Crippen LogP contribution in [0.4, 0.5) is 9.59 Å². The molecule has 0 aliphatic carbocycles. The van der Waals surface area contributed by atoms with Crippen LogP contribution in [0.5, 0.6) is 0 Å². The first-order valence-corrected chi connectivity index (χ1v) is 7.02. The van der Waals surface area contributed by atoms with Crippen LogP contribution in [0.25, 0.3) is 0 Å². The molecule has 0 aromatic rings. The second-order valence-corrected chi connectivity index (χ2v) is 4.19. The number of alkyl carbamates (subject to hydrolysis) is 2. The zero-order chi connectivity index (χ0) is 14.3. The third-order valence-corrected chi connectivity index (χ3v) is 2.35. The zero-order valence-corrected chi connectivity index (χ0v) is 12.0. The molecular formula is C13H26N2O4. The van der Waals surface area contributed by atoms with E-state index in [2.05, 4.69) is 10.6 Å². The predicted molar refractivity (Wildman–Crippen MR) is 73.1 cm³/mol. The fourth-order valence-corrected chi connectivity index (χ4v) is 1.19. The van der Waals surface area contributed by atoms with Crippen LogP contribution in [0.3, 0.4) is 0 Å². The molecule has 0 heterocycles. The topological polar surface area (TPSA) is 76.7 Å². The Labute approximate surface area is 115 Å². The van der Waals surface area contributed by atoms with E-state index in [4.69, 9.17) is 9.47 Å². The van der Waals surface area contributed by atoms with Crippen molar-refractivity contribution in [3.8, 4) is 0 Å². The van der Waals surface area contributed by atoms with E-state index in [1.165, 1.54) is 0 Å². The van der Waals surface area contributed by atoms with Crippen LogP contribution in [0.15, 0.2) is 0 Å². The van der Waals surface area contributed by atoms with Gasteiger partial charge in [-0.2, -0.15) is 0 Å². The number of rotatable bonds is 10. The first kappa shape index (κ1) is 17.5. The molecule has 112 valence electrons. The van der Waals surface area contributed by atoms with Gasteiger partial charge >= 0.3 is 12.2 Å². The van der Waals surface area contributed by atoms with Gasteiger partial charge in [0.1, 0.15) is 0 Å². The van der Waals surface area contributed by atoms with Gasteiger partial charge < -0.3 is 20.1 Å². The molecule has 2 N–H and O–H groups in total. The van der Waals surface area contributed by atoms with E-state index in [9.17, 15) is 9.59 Å². The van der Waals surface area contributed by atoms with Gasteiger partial charge in [-0.15, -0.1) is 0 Å². The molecule has 0 saturated heterocycles. The third-order valence-electron chi connectivity index (χ3n) is 2.35. The van der Waals surface area contributed by atoms with Gasteiger partial charge in [0.25, 0.3) is 0 Å². The molecule has 0 aromatic carbocycles. The molecule has 0 atom stereocenters. The maximum Gasteiger partial charge on any atom is 0.407 e. The molecule has 0 spiro atoms. The highest BCUT2D eigenvalue weighted by molar-refractivity contribution is 5.67. The highest BCUT2D eigenvalue weighted by Crippen LogP contribution is 1.89. The van der Waals surface area contributed by atoms with E-state index in [0.717, 1.165) is 25.7 Å². The Morgan fingerprint density at radius 1 is 0.789 bits per heavy atom. The van der Waals surface area contributed by atoms with Gasteiger partial charge in [-0.05, 0) is 19.3 Å². The van der Waals surface area contributed by atoms with Crippen molar-refractivity contribution < 1.29 is 19.1 Å². The monoisotopic (exact) mass is 274 g/mol. The standard InChI is InChI=1S/C13H26N2O4/c1-3-5-10-18-12(16)14-8-7-9-15-13(17)19-11-6-4-2/h3-11H2,1-2H3,(H,14,16)(H,15,17). The number of carbonyl (C=O) groups is 2. The molecule has 0 radical (unpaired) electrons. The number of unbranched alkanes of at least 4 members (excludes halogenated alkanes) is 2. The number of hydrogen-bond donors (Lipinski definition) is 2. The number of nitrogens with one attached hydrogen (secondary N) is 2. The Morgan fingerprint density at radius 3 is 1.58 bits per heavy atom. The Morgan fingerprint density at radius 2 is 1.21 bits per heavy atom. The largest absolute Gasteiger partial charge is 0.450 e. The second kappa shape index (κ2) is 13.0. The van der Waals surface area contributed by atoms with Crippen LogP contribution < -0.4 is 10.6 Å². The Kier molecular flexibility index (Phi) is 12.0. The van der Waals surface area contributed by atoms with Gasteiger partial charge in [-0.1, -0.05) is 26.7 Å². The van der Waals surface area contributed by atoms with Crippen LogP contribution in [0, 0.1) is 0 Å². The maximum absolute atomic E-state index is 11.1. The van der Waals surface area contributed by atoms with Crippen molar-refractivity contribution in [2.24, 2.45) is 0 Å². The summed E-state index contributed by atoms with van der Waals surface area (Å²) in [5.41, 5.74) is 0.